The van der Waals surface area contributed by atoms with E-state index in [1.54, 1.807) is 10.8 Å². The average Bonchev–Trinajstić information content (AvgIpc) is 2.79. The molecule has 0 saturated carbocycles. The van der Waals surface area contributed by atoms with Gasteiger partial charge >= 0.3 is 5.69 Å². The van der Waals surface area contributed by atoms with Gasteiger partial charge in [-0.15, -0.1) is 5.10 Å². The maximum absolute atomic E-state index is 11.4. The number of pyridine rings is 1. The van der Waals surface area contributed by atoms with Crippen LogP contribution in [-0.2, 0) is 6.54 Å². The molecule has 2 rings (SSSR count). The molecule has 2 heterocycles. The van der Waals surface area contributed by atoms with Crippen molar-refractivity contribution in [2.75, 3.05) is 0 Å². The summed E-state index contributed by atoms with van der Waals surface area (Å²) in [7, 11) is 0. The average molecular weight is 279 g/mol. The first kappa shape index (κ1) is 13.8. The molecule has 0 saturated heterocycles. The zero-order valence-electron chi connectivity index (χ0n) is 11.0. The summed E-state index contributed by atoms with van der Waals surface area (Å²) in [5.41, 5.74) is 6.60. The summed E-state index contributed by atoms with van der Waals surface area (Å²) in [5.74, 6) is 0. The Morgan fingerprint density at radius 1 is 1.47 bits per heavy atom. The molecule has 6 nitrogen and oxygen atoms in total. The highest BCUT2D eigenvalue weighted by Crippen LogP contribution is 2.25. The summed E-state index contributed by atoms with van der Waals surface area (Å²) in [6.07, 6.45) is 2.61. The van der Waals surface area contributed by atoms with Gasteiger partial charge in [0.2, 0.25) is 0 Å². The summed E-state index contributed by atoms with van der Waals surface area (Å²) in [6.45, 7) is 4.52. The Labute approximate surface area is 115 Å². The fourth-order valence-corrected chi connectivity index (χ4v) is 2.51. The van der Waals surface area contributed by atoms with Crippen molar-refractivity contribution in [1.29, 1.82) is 0 Å². The highest BCUT2D eigenvalue weighted by atomic mass is 32.2. The third-order valence-corrected chi connectivity index (χ3v) is 3.80. The van der Waals surface area contributed by atoms with Crippen LogP contribution in [-0.4, -0.2) is 19.7 Å². The lowest BCUT2D eigenvalue weighted by Crippen LogP contribution is -2.16. The highest BCUT2D eigenvalue weighted by molar-refractivity contribution is 7.99. The molecular weight excluding hydrogens is 262 g/mol. The molecule has 19 heavy (non-hydrogen) atoms. The van der Waals surface area contributed by atoms with E-state index in [0.29, 0.717) is 11.7 Å². The van der Waals surface area contributed by atoms with Crippen LogP contribution in [0.5, 0.6) is 0 Å². The smallest absolute Gasteiger partial charge is 0.323 e. The highest BCUT2D eigenvalue weighted by Gasteiger charge is 2.09. The molecule has 0 aromatic carbocycles. The van der Waals surface area contributed by atoms with E-state index < -0.39 is 0 Å². The van der Waals surface area contributed by atoms with Crippen molar-refractivity contribution in [1.82, 2.24) is 19.7 Å². The fraction of sp³-hybridized carbons (Fsp3) is 0.417. The van der Waals surface area contributed by atoms with Crippen LogP contribution in [0.25, 0.3) is 0 Å². The van der Waals surface area contributed by atoms with E-state index >= 15 is 0 Å². The molecule has 0 aliphatic heterocycles. The zero-order valence-corrected chi connectivity index (χ0v) is 11.8. The van der Waals surface area contributed by atoms with Crippen LogP contribution in [0.1, 0.15) is 32.0 Å². The lowest BCUT2D eigenvalue weighted by Gasteiger charge is -2.08. The fourth-order valence-electron chi connectivity index (χ4n) is 1.65. The Hall–Kier alpha value is -1.60. The molecule has 0 spiro atoms. The number of nitrogens with zero attached hydrogens (tertiary/aromatic N) is 3. The number of H-pyrrole nitrogens is 1. The number of aromatic nitrogens is 4. The van der Waals surface area contributed by atoms with Gasteiger partial charge in [0.25, 0.3) is 0 Å². The van der Waals surface area contributed by atoms with E-state index in [1.165, 1.54) is 11.8 Å². The number of aromatic amines is 1. The predicted molar refractivity (Wildman–Crippen MR) is 74.1 cm³/mol. The number of hydrogen-bond acceptors (Lipinski definition) is 5. The Kier molecular flexibility index (Phi) is 4.39. The van der Waals surface area contributed by atoms with Crippen LogP contribution in [0.4, 0.5) is 0 Å². The van der Waals surface area contributed by atoms with Crippen molar-refractivity contribution in [2.45, 2.75) is 42.9 Å². The minimum absolute atomic E-state index is 0.0294. The van der Waals surface area contributed by atoms with Gasteiger partial charge in [0, 0.05) is 23.7 Å². The van der Waals surface area contributed by atoms with E-state index in [2.05, 4.69) is 15.2 Å². The molecule has 0 amide bonds. The number of nitrogens with two attached hydrogens (primary N) is 1. The first-order valence-electron chi connectivity index (χ1n) is 6.20. The minimum atomic E-state index is -0.192. The van der Waals surface area contributed by atoms with Crippen molar-refractivity contribution >= 4 is 11.8 Å². The number of nitrogens with one attached hydrogen (secondary N) is 1. The largest absolute Gasteiger partial charge is 0.343 e. The van der Waals surface area contributed by atoms with E-state index in [0.717, 1.165) is 17.0 Å². The maximum atomic E-state index is 11.4. The quantitative estimate of drug-likeness (QED) is 0.866. The lowest BCUT2D eigenvalue weighted by atomic mass is 10.1. The molecule has 0 bridgehead atoms. The van der Waals surface area contributed by atoms with Crippen molar-refractivity contribution in [2.24, 2.45) is 5.73 Å². The molecular formula is C12H17N5OS. The maximum Gasteiger partial charge on any atom is 0.343 e. The molecule has 0 aliphatic carbocycles. The Balaban J connectivity index is 2.17. The molecule has 7 heteroatoms. The molecule has 2 aromatic heterocycles. The third-order valence-electron chi connectivity index (χ3n) is 2.83. The van der Waals surface area contributed by atoms with Gasteiger partial charge in [-0.2, -0.15) is 0 Å². The summed E-state index contributed by atoms with van der Waals surface area (Å²) < 4.78 is 1.58. The Morgan fingerprint density at radius 3 is 2.84 bits per heavy atom. The summed E-state index contributed by atoms with van der Waals surface area (Å²) >= 11 is 1.40. The Bertz CT molecular complexity index is 589. The van der Waals surface area contributed by atoms with Gasteiger partial charge in [-0.1, -0.05) is 6.92 Å². The molecule has 0 fully saturated rings. The molecule has 0 unspecified atom stereocenters. The SMILES string of the molecule is CC[C@@H](N)c1ccc(Sc2n[nH]c(=O)n2CC)cn1. The van der Waals surface area contributed by atoms with Crippen molar-refractivity contribution in [3.05, 3.63) is 34.5 Å². The van der Waals surface area contributed by atoms with Crippen LogP contribution in [0.15, 0.2) is 33.2 Å². The zero-order chi connectivity index (χ0) is 13.8. The van der Waals surface area contributed by atoms with Crippen LogP contribution in [0.3, 0.4) is 0 Å². The molecule has 2 aromatic rings. The van der Waals surface area contributed by atoms with Gasteiger partial charge in [-0.3, -0.25) is 9.55 Å². The molecule has 102 valence electrons. The lowest BCUT2D eigenvalue weighted by molar-refractivity contribution is 0.660. The predicted octanol–water partition coefficient (Wildman–Crippen LogP) is 1.55. The standard InChI is InChI=1S/C12H17N5OS/c1-3-9(13)10-6-5-8(7-14-10)19-12-16-15-11(18)17(12)4-2/h5-7,9H,3-4,13H2,1-2H3,(H,15,18)/t9-/m1/s1. The van der Waals surface area contributed by atoms with Gasteiger partial charge < -0.3 is 5.73 Å². The van der Waals surface area contributed by atoms with Crippen LogP contribution < -0.4 is 11.4 Å². The van der Waals surface area contributed by atoms with Crippen LogP contribution in [0.2, 0.25) is 0 Å². The second-order valence-corrected chi connectivity index (χ2v) is 5.13. The van der Waals surface area contributed by atoms with Crippen molar-refractivity contribution < 1.29 is 0 Å². The van der Waals surface area contributed by atoms with E-state index in [9.17, 15) is 4.79 Å². The number of hydrogen-bond donors (Lipinski definition) is 2. The molecule has 3 N–H and O–H groups in total. The summed E-state index contributed by atoms with van der Waals surface area (Å²) in [5, 5.41) is 7.08. The van der Waals surface area contributed by atoms with Gasteiger partial charge in [-0.05, 0) is 37.2 Å². The minimum Gasteiger partial charge on any atom is -0.323 e. The molecule has 1 atom stereocenters. The van der Waals surface area contributed by atoms with Gasteiger partial charge in [0.1, 0.15) is 0 Å². The van der Waals surface area contributed by atoms with Gasteiger partial charge in [-0.25, -0.2) is 9.89 Å². The van der Waals surface area contributed by atoms with Gasteiger partial charge in [0.15, 0.2) is 5.16 Å². The molecule has 0 radical (unpaired) electrons. The second-order valence-electron chi connectivity index (χ2n) is 4.09. The first-order chi connectivity index (χ1) is 9.15. The van der Waals surface area contributed by atoms with E-state index in [4.69, 9.17) is 5.73 Å². The number of rotatable bonds is 5. The van der Waals surface area contributed by atoms with Crippen molar-refractivity contribution in [3.63, 3.8) is 0 Å². The second kappa shape index (κ2) is 6.03. The van der Waals surface area contributed by atoms with Gasteiger partial charge in [0.05, 0.1) is 5.69 Å². The topological polar surface area (TPSA) is 89.6 Å². The summed E-state index contributed by atoms with van der Waals surface area (Å²) in [4.78, 5) is 16.7. The molecule has 0 aliphatic rings. The Morgan fingerprint density at radius 2 is 2.26 bits per heavy atom. The monoisotopic (exact) mass is 279 g/mol. The van der Waals surface area contributed by atoms with E-state index in [-0.39, 0.29) is 11.7 Å². The summed E-state index contributed by atoms with van der Waals surface area (Å²) in [6, 6.07) is 3.83. The van der Waals surface area contributed by atoms with Crippen LogP contribution >= 0.6 is 11.8 Å². The normalized spacial score (nSPS) is 12.6. The van der Waals surface area contributed by atoms with E-state index in [1.807, 2.05) is 26.0 Å². The first-order valence-corrected chi connectivity index (χ1v) is 7.02. The van der Waals surface area contributed by atoms with Crippen LogP contribution in [0, 0.1) is 0 Å². The van der Waals surface area contributed by atoms with Crippen molar-refractivity contribution in [3.8, 4) is 0 Å². The third kappa shape index (κ3) is 3.05.